The minimum atomic E-state index is 0.0954. The van der Waals surface area contributed by atoms with Crippen molar-refractivity contribution in [1.29, 1.82) is 0 Å². The van der Waals surface area contributed by atoms with Gasteiger partial charge in [0.05, 0.1) is 11.9 Å². The number of pyridine rings is 1. The maximum Gasteiger partial charge on any atom is 0.172 e. The summed E-state index contributed by atoms with van der Waals surface area (Å²) in [5.41, 5.74) is 7.24. The first-order valence-electron chi connectivity index (χ1n) is 6.04. The first-order valence-corrected chi connectivity index (χ1v) is 6.04. The summed E-state index contributed by atoms with van der Waals surface area (Å²) < 4.78 is 0. The molecule has 0 saturated carbocycles. The molecule has 6 nitrogen and oxygen atoms in total. The number of oxime groups is 1. The van der Waals surface area contributed by atoms with E-state index in [1.807, 2.05) is 0 Å². The maximum absolute atomic E-state index is 8.96. The van der Waals surface area contributed by atoms with Crippen LogP contribution < -0.4 is 10.6 Å². The molecule has 1 aliphatic heterocycles. The van der Waals surface area contributed by atoms with E-state index >= 15 is 0 Å². The Kier molecular flexibility index (Phi) is 3.99. The molecule has 1 atom stereocenters. The molecule has 2 rings (SSSR count). The van der Waals surface area contributed by atoms with Gasteiger partial charge in [-0.25, -0.2) is 0 Å². The van der Waals surface area contributed by atoms with Crippen LogP contribution in [0.2, 0.25) is 0 Å². The Bertz CT molecular complexity index is 436. The van der Waals surface area contributed by atoms with Crippen LogP contribution in [0.1, 0.15) is 18.4 Å². The molecule has 4 N–H and O–H groups in total. The van der Waals surface area contributed by atoms with Crippen LogP contribution in [-0.4, -0.2) is 40.8 Å². The second-order valence-electron chi connectivity index (χ2n) is 4.49. The Hall–Kier alpha value is -1.82. The Morgan fingerprint density at radius 2 is 2.44 bits per heavy atom. The van der Waals surface area contributed by atoms with Crippen molar-refractivity contribution in [3.8, 4) is 0 Å². The third kappa shape index (κ3) is 2.53. The first-order chi connectivity index (χ1) is 8.76. The minimum Gasteiger partial charge on any atom is -0.409 e. The van der Waals surface area contributed by atoms with Gasteiger partial charge < -0.3 is 20.9 Å². The van der Waals surface area contributed by atoms with Gasteiger partial charge in [-0.2, -0.15) is 0 Å². The van der Waals surface area contributed by atoms with E-state index in [1.54, 1.807) is 18.5 Å². The molecule has 1 aromatic rings. The van der Waals surface area contributed by atoms with Crippen LogP contribution in [0.25, 0.3) is 0 Å². The summed E-state index contributed by atoms with van der Waals surface area (Å²) in [7, 11) is 0. The molecule has 0 spiro atoms. The van der Waals surface area contributed by atoms with Gasteiger partial charge in [0.1, 0.15) is 0 Å². The molecule has 0 aromatic carbocycles. The van der Waals surface area contributed by atoms with Crippen LogP contribution in [0.5, 0.6) is 0 Å². The van der Waals surface area contributed by atoms with E-state index in [4.69, 9.17) is 16.0 Å². The van der Waals surface area contributed by atoms with E-state index in [9.17, 15) is 0 Å². The van der Waals surface area contributed by atoms with Gasteiger partial charge in [-0.1, -0.05) is 5.16 Å². The molecule has 0 radical (unpaired) electrons. The Morgan fingerprint density at radius 1 is 1.61 bits per heavy atom. The zero-order chi connectivity index (χ0) is 13.0. The summed E-state index contributed by atoms with van der Waals surface area (Å²) in [5, 5.41) is 20.8. The molecule has 1 unspecified atom stereocenters. The first kappa shape index (κ1) is 12.6. The zero-order valence-corrected chi connectivity index (χ0v) is 10.2. The normalized spacial score (nSPS) is 20.4. The Morgan fingerprint density at radius 3 is 3.17 bits per heavy atom. The van der Waals surface area contributed by atoms with Gasteiger partial charge in [0.2, 0.25) is 0 Å². The Balaban J connectivity index is 2.19. The van der Waals surface area contributed by atoms with Crippen LogP contribution >= 0.6 is 0 Å². The molecule has 0 aliphatic carbocycles. The van der Waals surface area contributed by atoms with Crippen LogP contribution in [0, 0.1) is 5.92 Å². The standard InChI is InChI=1S/C12H18N4O2/c13-12(15-18)10-1-4-14-7-11(10)16-5-2-9(8-16)3-6-17/h1,4,7,9,17-18H,2-3,5-6,8H2,(H2,13,15). The van der Waals surface area contributed by atoms with E-state index in [0.717, 1.165) is 31.6 Å². The van der Waals surface area contributed by atoms with E-state index in [1.165, 1.54) is 0 Å². The van der Waals surface area contributed by atoms with Crippen molar-refractivity contribution in [2.75, 3.05) is 24.6 Å². The number of nitrogens with two attached hydrogens (primary N) is 1. The fourth-order valence-electron chi connectivity index (χ4n) is 2.38. The number of anilines is 1. The maximum atomic E-state index is 8.96. The predicted octanol–water partition coefficient (Wildman–Crippen LogP) is 0.385. The lowest BCUT2D eigenvalue weighted by Gasteiger charge is -2.21. The highest BCUT2D eigenvalue weighted by atomic mass is 16.4. The molecule has 0 bridgehead atoms. The molecule has 1 aliphatic rings. The van der Waals surface area contributed by atoms with E-state index in [2.05, 4.69) is 15.0 Å². The zero-order valence-electron chi connectivity index (χ0n) is 10.2. The monoisotopic (exact) mass is 250 g/mol. The van der Waals surface area contributed by atoms with Gasteiger partial charge >= 0.3 is 0 Å². The lowest BCUT2D eigenvalue weighted by atomic mass is 10.1. The van der Waals surface area contributed by atoms with Crippen molar-refractivity contribution in [3.05, 3.63) is 24.0 Å². The van der Waals surface area contributed by atoms with Crippen LogP contribution in [-0.2, 0) is 0 Å². The molecule has 1 aromatic heterocycles. The van der Waals surface area contributed by atoms with Crippen molar-refractivity contribution in [2.24, 2.45) is 16.8 Å². The van der Waals surface area contributed by atoms with Crippen LogP contribution in [0.4, 0.5) is 5.69 Å². The molecule has 18 heavy (non-hydrogen) atoms. The van der Waals surface area contributed by atoms with Crippen molar-refractivity contribution in [3.63, 3.8) is 0 Å². The molecule has 1 saturated heterocycles. The summed E-state index contributed by atoms with van der Waals surface area (Å²) in [5.74, 6) is 0.591. The number of hydrogen-bond donors (Lipinski definition) is 3. The lowest BCUT2D eigenvalue weighted by Crippen LogP contribution is -2.25. The molecule has 98 valence electrons. The average Bonchev–Trinajstić information content (AvgIpc) is 2.87. The molecule has 2 heterocycles. The number of aliphatic hydroxyl groups is 1. The van der Waals surface area contributed by atoms with E-state index < -0.39 is 0 Å². The third-order valence-corrected chi connectivity index (χ3v) is 3.35. The van der Waals surface area contributed by atoms with E-state index in [0.29, 0.717) is 11.5 Å². The van der Waals surface area contributed by atoms with E-state index in [-0.39, 0.29) is 12.4 Å². The second-order valence-corrected chi connectivity index (χ2v) is 4.49. The summed E-state index contributed by atoms with van der Waals surface area (Å²) in [4.78, 5) is 6.26. The lowest BCUT2D eigenvalue weighted by molar-refractivity contribution is 0.263. The number of amidine groups is 1. The molecular formula is C12H18N4O2. The fourth-order valence-corrected chi connectivity index (χ4v) is 2.38. The average molecular weight is 250 g/mol. The van der Waals surface area contributed by atoms with Gasteiger partial charge in [0.15, 0.2) is 5.84 Å². The second kappa shape index (κ2) is 5.68. The van der Waals surface area contributed by atoms with Gasteiger partial charge in [-0.15, -0.1) is 0 Å². The number of rotatable bonds is 4. The highest BCUT2D eigenvalue weighted by molar-refractivity contribution is 6.02. The number of nitrogens with zero attached hydrogens (tertiary/aromatic N) is 3. The number of aromatic nitrogens is 1. The fraction of sp³-hybridized carbons (Fsp3) is 0.500. The minimum absolute atomic E-state index is 0.0954. The highest BCUT2D eigenvalue weighted by Gasteiger charge is 2.24. The number of hydrogen-bond acceptors (Lipinski definition) is 5. The van der Waals surface area contributed by atoms with Crippen molar-refractivity contribution in [2.45, 2.75) is 12.8 Å². The quantitative estimate of drug-likeness (QED) is 0.311. The third-order valence-electron chi connectivity index (χ3n) is 3.35. The number of aliphatic hydroxyl groups excluding tert-OH is 1. The van der Waals surface area contributed by atoms with Gasteiger partial charge in [-0.05, 0) is 24.8 Å². The van der Waals surface area contributed by atoms with Crippen LogP contribution in [0.15, 0.2) is 23.6 Å². The smallest absolute Gasteiger partial charge is 0.172 e. The van der Waals surface area contributed by atoms with Crippen LogP contribution in [0.3, 0.4) is 0 Å². The summed E-state index contributed by atoms with van der Waals surface area (Å²) >= 11 is 0. The Labute approximate surface area is 106 Å². The summed E-state index contributed by atoms with van der Waals surface area (Å²) in [6.07, 6.45) is 5.22. The topological polar surface area (TPSA) is 95.0 Å². The largest absolute Gasteiger partial charge is 0.409 e. The SMILES string of the molecule is N/C(=N/O)c1ccncc1N1CCC(CCO)C1. The van der Waals surface area contributed by atoms with Gasteiger partial charge in [-0.3, -0.25) is 4.98 Å². The molecule has 6 heteroatoms. The summed E-state index contributed by atoms with van der Waals surface area (Å²) in [6, 6.07) is 1.74. The van der Waals surface area contributed by atoms with Crippen molar-refractivity contribution >= 4 is 11.5 Å². The molecular weight excluding hydrogens is 232 g/mol. The molecule has 1 fully saturated rings. The van der Waals surface area contributed by atoms with Gasteiger partial charge in [0, 0.05) is 31.5 Å². The predicted molar refractivity (Wildman–Crippen MR) is 68.8 cm³/mol. The molecule has 0 amide bonds. The van der Waals surface area contributed by atoms with Crippen molar-refractivity contribution < 1.29 is 10.3 Å². The highest BCUT2D eigenvalue weighted by Crippen LogP contribution is 2.27. The van der Waals surface area contributed by atoms with Gasteiger partial charge in [0.25, 0.3) is 0 Å². The van der Waals surface area contributed by atoms with Crippen molar-refractivity contribution in [1.82, 2.24) is 4.98 Å². The summed E-state index contributed by atoms with van der Waals surface area (Å²) in [6.45, 7) is 2.00.